The van der Waals surface area contributed by atoms with Gasteiger partial charge in [0.05, 0.1) is 31.4 Å². The van der Waals surface area contributed by atoms with Crippen LogP contribution in [-0.2, 0) is 27.1 Å². The van der Waals surface area contributed by atoms with Crippen LogP contribution in [0.4, 0.5) is 18.0 Å². The summed E-state index contributed by atoms with van der Waals surface area (Å²) in [6.45, 7) is 5.49. The van der Waals surface area contributed by atoms with E-state index in [1.54, 1.807) is 24.3 Å². The van der Waals surface area contributed by atoms with Crippen LogP contribution < -0.4 is 4.74 Å². The van der Waals surface area contributed by atoms with E-state index in [1.165, 1.54) is 18.1 Å². The van der Waals surface area contributed by atoms with Crippen molar-refractivity contribution in [2.45, 2.75) is 77.1 Å². The summed E-state index contributed by atoms with van der Waals surface area (Å²) in [7, 11) is 1.28. The summed E-state index contributed by atoms with van der Waals surface area (Å²) in [4.78, 5) is 27.5. The molecule has 0 aromatic heterocycles. The fourth-order valence-corrected chi connectivity index (χ4v) is 5.46. The zero-order chi connectivity index (χ0) is 28.5. The molecule has 2 fully saturated rings. The predicted octanol–water partition coefficient (Wildman–Crippen LogP) is 6.46. The molecule has 2 aromatic carbocycles. The van der Waals surface area contributed by atoms with Gasteiger partial charge in [0.2, 0.25) is 0 Å². The fourth-order valence-electron chi connectivity index (χ4n) is 5.46. The number of likely N-dealkylation sites (tertiary alicyclic amines) is 1. The Morgan fingerprint density at radius 3 is 2.23 bits per heavy atom. The number of alkyl halides is 3. The number of hydrogen-bond acceptors (Lipinski definition) is 5. The van der Waals surface area contributed by atoms with Gasteiger partial charge in [-0.15, -0.1) is 0 Å². The summed E-state index contributed by atoms with van der Waals surface area (Å²) < 4.78 is 57.1. The van der Waals surface area contributed by atoms with Gasteiger partial charge in [0.15, 0.2) is 0 Å². The Balaban J connectivity index is 1.75. The number of aliphatic carboxylic acids is 1. The largest absolute Gasteiger partial charge is 0.496 e. The van der Waals surface area contributed by atoms with Gasteiger partial charge in [-0.1, -0.05) is 57.2 Å². The topological polar surface area (TPSA) is 85.3 Å². The predicted molar refractivity (Wildman–Crippen MR) is 136 cm³/mol. The molecule has 1 heterocycles. The lowest BCUT2D eigenvalue weighted by Gasteiger charge is -2.35. The molecular weight excluding hydrogens is 515 g/mol. The highest BCUT2D eigenvalue weighted by molar-refractivity contribution is 5.82. The van der Waals surface area contributed by atoms with Gasteiger partial charge in [-0.2, -0.15) is 13.2 Å². The van der Waals surface area contributed by atoms with E-state index in [1.807, 2.05) is 26.8 Å². The number of methoxy groups -OCH3 is 1. The Kier molecular flexibility index (Phi) is 8.16. The van der Waals surface area contributed by atoms with Crippen molar-refractivity contribution in [3.05, 3.63) is 65.2 Å². The van der Waals surface area contributed by atoms with E-state index >= 15 is 0 Å². The minimum Gasteiger partial charge on any atom is -0.496 e. The number of ether oxygens (including phenoxy) is 3. The molecule has 1 amide bonds. The molecule has 1 aliphatic heterocycles. The molecule has 0 bridgehead atoms. The highest BCUT2D eigenvalue weighted by atomic mass is 19.4. The SMILES string of the molecule is COc1cc(C(F)(F)F)ccc1CO[C@@H]1[C@@H](C(C)(C)C)[C@H](C(=O)O)N(C(=O)OC2CCC2)[C@@H]1c1ccccc1. The molecule has 1 aliphatic carbocycles. The van der Waals surface area contributed by atoms with Gasteiger partial charge in [0, 0.05) is 11.5 Å². The number of rotatable bonds is 7. The first kappa shape index (κ1) is 28.7. The number of hydrogen-bond donors (Lipinski definition) is 1. The second-order valence-electron chi connectivity index (χ2n) is 11.2. The van der Waals surface area contributed by atoms with Crippen LogP contribution in [0, 0.1) is 11.3 Å². The minimum absolute atomic E-state index is 0.00225. The molecule has 39 heavy (non-hydrogen) atoms. The number of amides is 1. The lowest BCUT2D eigenvalue weighted by Crippen LogP contribution is -2.48. The average molecular weight is 550 g/mol. The van der Waals surface area contributed by atoms with Crippen molar-refractivity contribution in [3.8, 4) is 5.75 Å². The summed E-state index contributed by atoms with van der Waals surface area (Å²) >= 11 is 0. The normalized spacial score (nSPS) is 23.8. The summed E-state index contributed by atoms with van der Waals surface area (Å²) in [5.41, 5.74) is -0.441. The smallest absolute Gasteiger partial charge is 0.416 e. The molecule has 4 rings (SSSR count). The van der Waals surface area contributed by atoms with Crippen LogP contribution >= 0.6 is 0 Å². The van der Waals surface area contributed by atoms with Crippen molar-refractivity contribution >= 4 is 12.1 Å². The lowest BCUT2D eigenvalue weighted by atomic mass is 9.73. The zero-order valence-corrected chi connectivity index (χ0v) is 22.4. The van der Waals surface area contributed by atoms with E-state index in [0.29, 0.717) is 11.1 Å². The Morgan fingerprint density at radius 1 is 1.05 bits per heavy atom. The number of benzene rings is 2. The van der Waals surface area contributed by atoms with Gasteiger partial charge in [0.25, 0.3) is 0 Å². The number of carbonyl (C=O) groups excluding carboxylic acids is 1. The molecule has 10 heteroatoms. The van der Waals surface area contributed by atoms with Crippen LogP contribution in [0.2, 0.25) is 0 Å². The number of carboxylic acid groups (broad SMARTS) is 1. The van der Waals surface area contributed by atoms with Crippen molar-refractivity contribution in [3.63, 3.8) is 0 Å². The fraction of sp³-hybridized carbons (Fsp3) is 0.517. The monoisotopic (exact) mass is 549 g/mol. The summed E-state index contributed by atoms with van der Waals surface area (Å²) in [6.07, 6.45) is -3.93. The van der Waals surface area contributed by atoms with Crippen LogP contribution in [0.3, 0.4) is 0 Å². The maximum Gasteiger partial charge on any atom is 0.416 e. The molecule has 1 saturated heterocycles. The number of nitrogens with zero attached hydrogens (tertiary/aromatic N) is 1. The summed E-state index contributed by atoms with van der Waals surface area (Å²) in [5.74, 6) is -1.85. The van der Waals surface area contributed by atoms with Gasteiger partial charge < -0.3 is 19.3 Å². The Hall–Kier alpha value is -3.27. The maximum absolute atomic E-state index is 13.5. The molecule has 7 nitrogen and oxygen atoms in total. The van der Waals surface area contributed by atoms with Crippen molar-refractivity contribution in [1.82, 2.24) is 4.90 Å². The van der Waals surface area contributed by atoms with Crippen LogP contribution in [0.5, 0.6) is 5.75 Å². The highest BCUT2D eigenvalue weighted by Gasteiger charge is 2.59. The van der Waals surface area contributed by atoms with Crippen LogP contribution in [-0.4, -0.2) is 47.4 Å². The van der Waals surface area contributed by atoms with Crippen molar-refractivity contribution in [1.29, 1.82) is 0 Å². The molecular formula is C29H34F3NO6. The first-order chi connectivity index (χ1) is 18.3. The Morgan fingerprint density at radius 2 is 1.72 bits per heavy atom. The number of halogens is 3. The molecule has 2 aromatic rings. The van der Waals surface area contributed by atoms with Gasteiger partial charge in [-0.3, -0.25) is 4.90 Å². The third kappa shape index (κ3) is 6.00. The molecule has 1 N–H and O–H groups in total. The molecule has 2 aliphatic rings. The van der Waals surface area contributed by atoms with Crippen molar-refractivity contribution < 1.29 is 42.1 Å². The Bertz CT molecular complexity index is 1180. The first-order valence-corrected chi connectivity index (χ1v) is 13.0. The summed E-state index contributed by atoms with van der Waals surface area (Å²) in [5, 5.41) is 10.4. The lowest BCUT2D eigenvalue weighted by molar-refractivity contribution is -0.145. The highest BCUT2D eigenvalue weighted by Crippen LogP contribution is 2.50. The zero-order valence-electron chi connectivity index (χ0n) is 22.4. The number of carbonyl (C=O) groups is 2. The average Bonchev–Trinajstić information content (AvgIpc) is 3.21. The van der Waals surface area contributed by atoms with E-state index < -0.39 is 53.3 Å². The van der Waals surface area contributed by atoms with E-state index in [-0.39, 0.29) is 18.5 Å². The van der Waals surface area contributed by atoms with Crippen LogP contribution in [0.1, 0.15) is 62.8 Å². The van der Waals surface area contributed by atoms with E-state index in [9.17, 15) is 27.9 Å². The molecule has 0 unspecified atom stereocenters. The van der Waals surface area contributed by atoms with Crippen LogP contribution in [0.25, 0.3) is 0 Å². The molecule has 212 valence electrons. The third-order valence-corrected chi connectivity index (χ3v) is 7.57. The molecule has 1 saturated carbocycles. The second-order valence-corrected chi connectivity index (χ2v) is 11.2. The number of carboxylic acids is 1. The van der Waals surface area contributed by atoms with Gasteiger partial charge in [0.1, 0.15) is 17.9 Å². The van der Waals surface area contributed by atoms with Crippen LogP contribution in [0.15, 0.2) is 48.5 Å². The molecule has 0 radical (unpaired) electrons. The molecule has 0 spiro atoms. The van der Waals surface area contributed by atoms with Gasteiger partial charge in [-0.25, -0.2) is 9.59 Å². The quantitative estimate of drug-likeness (QED) is 0.427. The Labute approximate surface area is 225 Å². The van der Waals surface area contributed by atoms with Gasteiger partial charge >= 0.3 is 18.2 Å². The van der Waals surface area contributed by atoms with Gasteiger partial charge in [-0.05, 0) is 42.4 Å². The van der Waals surface area contributed by atoms with E-state index in [2.05, 4.69) is 0 Å². The molecule has 4 atom stereocenters. The third-order valence-electron chi connectivity index (χ3n) is 7.57. The maximum atomic E-state index is 13.5. The van der Waals surface area contributed by atoms with Crippen molar-refractivity contribution in [2.24, 2.45) is 11.3 Å². The second kappa shape index (κ2) is 11.1. The summed E-state index contributed by atoms with van der Waals surface area (Å²) in [6, 6.07) is 10.1. The minimum atomic E-state index is -4.54. The standard InChI is InChI=1S/C29H34F3NO6/c1-28(2,3)22-24(26(34)35)33(27(36)39-20-11-8-12-20)23(17-9-6-5-7-10-17)25(22)38-16-18-13-14-19(29(30,31)32)15-21(18)37-4/h5-7,9-10,13-15,20,22-25H,8,11-12,16H2,1-4H3,(H,34,35)/t22-,23+,24+,25+/m0/s1. The van der Waals surface area contributed by atoms with E-state index in [0.717, 1.165) is 31.4 Å². The van der Waals surface area contributed by atoms with Crippen molar-refractivity contribution in [2.75, 3.05) is 7.11 Å². The van der Waals surface area contributed by atoms with E-state index in [4.69, 9.17) is 14.2 Å². The first-order valence-electron chi connectivity index (χ1n) is 13.0.